The summed E-state index contributed by atoms with van der Waals surface area (Å²) in [5, 5.41) is 0. The fourth-order valence-electron chi connectivity index (χ4n) is 1.36. The van der Waals surface area contributed by atoms with E-state index in [1.165, 1.54) is 19.3 Å². The van der Waals surface area contributed by atoms with Crippen LogP contribution in [0.4, 0.5) is 0 Å². The molecule has 0 aromatic carbocycles. The first-order chi connectivity index (χ1) is 5.93. The third-order valence-electron chi connectivity index (χ3n) is 2.13. The maximum Gasteiger partial charge on any atom is 0.126 e. The molecule has 0 fully saturated rings. The zero-order valence-electron chi connectivity index (χ0n) is 7.76. The van der Waals surface area contributed by atoms with E-state index in [1.54, 1.807) is 0 Å². The van der Waals surface area contributed by atoms with Crippen molar-refractivity contribution in [3.8, 4) is 0 Å². The fourth-order valence-corrected chi connectivity index (χ4v) is 1.36. The van der Waals surface area contributed by atoms with Gasteiger partial charge in [0, 0.05) is 23.0 Å². The minimum atomic E-state index is 0. The average Bonchev–Trinajstić information content (AvgIpc) is 2.81. The summed E-state index contributed by atoms with van der Waals surface area (Å²) in [5.41, 5.74) is 0. The van der Waals surface area contributed by atoms with E-state index >= 15 is 0 Å². The van der Waals surface area contributed by atoms with Gasteiger partial charge in [0.05, 0.1) is 0 Å². The summed E-state index contributed by atoms with van der Waals surface area (Å²) in [6.07, 6.45) is 15.6. The van der Waals surface area contributed by atoms with Crippen LogP contribution in [0.2, 0.25) is 0 Å². The van der Waals surface area contributed by atoms with Gasteiger partial charge >= 0.3 is 0 Å². The standard InChI is InChI=1S/C6H8O.C5H8.Fe/c7-5-6-3-1-2-4-6;1-2-4-5-3-1;/h1,3,5-6H,2,4H2;1-2H,3-5H2;/t6-;;/m1../s1. The Bertz CT molecular complexity index is 179. The average molecular weight is 220 g/mol. The van der Waals surface area contributed by atoms with E-state index < -0.39 is 0 Å². The molecule has 2 aliphatic rings. The molecular formula is C11H16FeO. The molecule has 0 saturated heterocycles. The Morgan fingerprint density at radius 2 is 1.77 bits per heavy atom. The molecule has 0 N–H and O–H groups in total. The van der Waals surface area contributed by atoms with Crippen molar-refractivity contribution in [3.63, 3.8) is 0 Å². The number of allylic oxidation sites excluding steroid dienone is 4. The fraction of sp³-hybridized carbons (Fsp3) is 0.545. The van der Waals surface area contributed by atoms with E-state index in [1.807, 2.05) is 6.08 Å². The van der Waals surface area contributed by atoms with Crippen LogP contribution in [-0.4, -0.2) is 6.29 Å². The Balaban J connectivity index is 0.000000215. The quantitative estimate of drug-likeness (QED) is 0.377. The molecule has 0 unspecified atom stereocenters. The van der Waals surface area contributed by atoms with Crippen LogP contribution in [0.5, 0.6) is 0 Å². The second-order valence-electron chi connectivity index (χ2n) is 3.21. The van der Waals surface area contributed by atoms with E-state index in [9.17, 15) is 4.79 Å². The zero-order valence-corrected chi connectivity index (χ0v) is 8.87. The van der Waals surface area contributed by atoms with Crippen LogP contribution in [0.25, 0.3) is 0 Å². The van der Waals surface area contributed by atoms with Gasteiger partial charge in [-0.25, -0.2) is 0 Å². The van der Waals surface area contributed by atoms with Crippen molar-refractivity contribution in [1.29, 1.82) is 0 Å². The van der Waals surface area contributed by atoms with Gasteiger partial charge in [-0.2, -0.15) is 0 Å². The molecule has 0 heterocycles. The van der Waals surface area contributed by atoms with Crippen LogP contribution in [0, 0.1) is 5.92 Å². The summed E-state index contributed by atoms with van der Waals surface area (Å²) < 4.78 is 0. The minimum absolute atomic E-state index is 0. The number of carbonyl (C=O) groups is 1. The van der Waals surface area contributed by atoms with E-state index in [4.69, 9.17) is 0 Å². The van der Waals surface area contributed by atoms with Crippen LogP contribution < -0.4 is 0 Å². The Morgan fingerprint density at radius 1 is 1.08 bits per heavy atom. The summed E-state index contributed by atoms with van der Waals surface area (Å²) in [6, 6.07) is 0. The predicted octanol–water partition coefficient (Wildman–Crippen LogP) is 2.88. The Labute approximate surface area is 90.8 Å². The van der Waals surface area contributed by atoms with Gasteiger partial charge in [0.25, 0.3) is 0 Å². The van der Waals surface area contributed by atoms with Crippen molar-refractivity contribution in [3.05, 3.63) is 24.3 Å². The summed E-state index contributed by atoms with van der Waals surface area (Å²) in [7, 11) is 0. The first-order valence-corrected chi connectivity index (χ1v) is 4.70. The zero-order chi connectivity index (χ0) is 8.65. The normalized spacial score (nSPS) is 23.2. The number of aldehydes is 1. The van der Waals surface area contributed by atoms with Crippen molar-refractivity contribution >= 4 is 6.29 Å². The molecule has 2 aliphatic carbocycles. The molecule has 0 radical (unpaired) electrons. The third-order valence-corrected chi connectivity index (χ3v) is 2.13. The molecule has 0 spiro atoms. The molecule has 0 aliphatic heterocycles. The molecule has 13 heavy (non-hydrogen) atoms. The van der Waals surface area contributed by atoms with E-state index in [-0.39, 0.29) is 23.0 Å². The number of rotatable bonds is 1. The van der Waals surface area contributed by atoms with Crippen LogP contribution in [0.15, 0.2) is 24.3 Å². The summed E-state index contributed by atoms with van der Waals surface area (Å²) in [4.78, 5) is 9.96. The van der Waals surface area contributed by atoms with Gasteiger partial charge in [-0.15, -0.1) is 0 Å². The number of hydrogen-bond donors (Lipinski definition) is 0. The second kappa shape index (κ2) is 8.28. The van der Waals surface area contributed by atoms with Gasteiger partial charge in [0.1, 0.15) is 6.29 Å². The molecule has 74 valence electrons. The van der Waals surface area contributed by atoms with Crippen LogP contribution in [0.1, 0.15) is 32.1 Å². The van der Waals surface area contributed by atoms with Crippen molar-refractivity contribution in [1.82, 2.24) is 0 Å². The third kappa shape index (κ3) is 5.84. The van der Waals surface area contributed by atoms with E-state index in [2.05, 4.69) is 18.2 Å². The molecule has 0 aromatic rings. The predicted molar refractivity (Wildman–Crippen MR) is 50.9 cm³/mol. The molecule has 2 rings (SSSR count). The molecule has 0 aromatic heterocycles. The van der Waals surface area contributed by atoms with Crippen LogP contribution >= 0.6 is 0 Å². The maximum atomic E-state index is 9.96. The smallest absolute Gasteiger partial charge is 0.126 e. The first kappa shape index (κ1) is 12.7. The number of hydrogen-bond acceptors (Lipinski definition) is 1. The Kier molecular flexibility index (Phi) is 8.07. The van der Waals surface area contributed by atoms with Crippen molar-refractivity contribution in [2.75, 3.05) is 0 Å². The van der Waals surface area contributed by atoms with Gasteiger partial charge < -0.3 is 4.79 Å². The van der Waals surface area contributed by atoms with Gasteiger partial charge in [-0.3, -0.25) is 0 Å². The van der Waals surface area contributed by atoms with Crippen LogP contribution in [0.3, 0.4) is 0 Å². The molecule has 2 heteroatoms. The molecule has 1 atom stereocenters. The van der Waals surface area contributed by atoms with Crippen LogP contribution in [-0.2, 0) is 21.9 Å². The topological polar surface area (TPSA) is 17.1 Å². The molecule has 1 nitrogen and oxygen atoms in total. The van der Waals surface area contributed by atoms with Gasteiger partial charge in [-0.1, -0.05) is 24.3 Å². The molecular weight excluding hydrogens is 204 g/mol. The van der Waals surface area contributed by atoms with E-state index in [0.717, 1.165) is 19.1 Å². The second-order valence-corrected chi connectivity index (χ2v) is 3.21. The monoisotopic (exact) mass is 220 g/mol. The largest absolute Gasteiger partial charge is 0.303 e. The molecule has 0 bridgehead atoms. The number of carbonyl (C=O) groups excluding carboxylic acids is 1. The maximum absolute atomic E-state index is 9.96. The Morgan fingerprint density at radius 3 is 2.00 bits per heavy atom. The van der Waals surface area contributed by atoms with E-state index in [0.29, 0.717) is 0 Å². The van der Waals surface area contributed by atoms with Gasteiger partial charge in [0.15, 0.2) is 0 Å². The van der Waals surface area contributed by atoms with Crippen molar-refractivity contribution in [2.24, 2.45) is 5.92 Å². The van der Waals surface area contributed by atoms with Crippen molar-refractivity contribution in [2.45, 2.75) is 32.1 Å². The minimum Gasteiger partial charge on any atom is -0.303 e. The first-order valence-electron chi connectivity index (χ1n) is 4.70. The Hall–Kier alpha value is -0.331. The molecule has 0 saturated carbocycles. The van der Waals surface area contributed by atoms with Crippen molar-refractivity contribution < 1.29 is 21.9 Å². The van der Waals surface area contributed by atoms with Gasteiger partial charge in [0.2, 0.25) is 0 Å². The summed E-state index contributed by atoms with van der Waals surface area (Å²) >= 11 is 0. The molecule has 0 amide bonds. The summed E-state index contributed by atoms with van der Waals surface area (Å²) in [5.74, 6) is 0.236. The summed E-state index contributed by atoms with van der Waals surface area (Å²) in [6.45, 7) is 0. The SMILES string of the molecule is C1=CCCC1.O=C[C@@H]1C=CCC1.[Fe]. The van der Waals surface area contributed by atoms with Gasteiger partial charge in [-0.05, 0) is 32.1 Å².